The summed E-state index contributed by atoms with van der Waals surface area (Å²) in [4.78, 5) is 0. The molecular weight excluding hydrogens is 260 g/mol. The average Bonchev–Trinajstić information content (AvgIpc) is 2.30. The molecule has 1 aromatic carbocycles. The summed E-state index contributed by atoms with van der Waals surface area (Å²) in [6.07, 6.45) is 5.02. The molecule has 1 aromatic rings. The molecule has 0 bridgehead atoms. The SMILES string of the molecule is CC1CCCC(Nc2ccc(CS(N)(=O)=O)cc2)C1. The number of rotatable bonds is 4. The largest absolute Gasteiger partial charge is 0.382 e. The summed E-state index contributed by atoms with van der Waals surface area (Å²) in [5.41, 5.74) is 1.78. The average molecular weight is 282 g/mol. The van der Waals surface area contributed by atoms with Crippen molar-refractivity contribution in [2.24, 2.45) is 11.1 Å². The van der Waals surface area contributed by atoms with Gasteiger partial charge in [-0.05, 0) is 36.5 Å². The second-order valence-electron chi connectivity index (χ2n) is 5.62. The quantitative estimate of drug-likeness (QED) is 0.891. The molecule has 1 saturated carbocycles. The minimum Gasteiger partial charge on any atom is -0.382 e. The lowest BCUT2D eigenvalue weighted by Crippen LogP contribution is -2.26. The van der Waals surface area contributed by atoms with E-state index in [9.17, 15) is 8.42 Å². The Labute approximate surface area is 115 Å². The van der Waals surface area contributed by atoms with Crippen molar-refractivity contribution in [2.75, 3.05) is 5.32 Å². The first-order chi connectivity index (χ1) is 8.92. The molecule has 2 rings (SSSR count). The van der Waals surface area contributed by atoms with Gasteiger partial charge in [0.25, 0.3) is 0 Å². The molecule has 1 aliphatic rings. The van der Waals surface area contributed by atoms with Crippen LogP contribution in [0.15, 0.2) is 24.3 Å². The first kappa shape index (κ1) is 14.3. The first-order valence-electron chi connectivity index (χ1n) is 6.78. The third kappa shape index (κ3) is 4.84. The van der Waals surface area contributed by atoms with Crippen molar-refractivity contribution in [3.05, 3.63) is 29.8 Å². The Hall–Kier alpha value is -1.07. The van der Waals surface area contributed by atoms with E-state index in [1.165, 1.54) is 25.7 Å². The molecule has 5 heteroatoms. The summed E-state index contributed by atoms with van der Waals surface area (Å²) in [7, 11) is -3.44. The fraction of sp³-hybridized carbons (Fsp3) is 0.571. The van der Waals surface area contributed by atoms with E-state index in [2.05, 4.69) is 12.2 Å². The number of nitrogens with two attached hydrogens (primary N) is 1. The van der Waals surface area contributed by atoms with Crippen LogP contribution in [0.25, 0.3) is 0 Å². The smallest absolute Gasteiger partial charge is 0.213 e. The highest BCUT2D eigenvalue weighted by atomic mass is 32.2. The molecule has 2 atom stereocenters. The molecule has 0 spiro atoms. The van der Waals surface area contributed by atoms with Crippen LogP contribution >= 0.6 is 0 Å². The molecule has 4 nitrogen and oxygen atoms in total. The van der Waals surface area contributed by atoms with E-state index in [0.717, 1.165) is 17.2 Å². The van der Waals surface area contributed by atoms with Crippen LogP contribution in [-0.4, -0.2) is 14.5 Å². The van der Waals surface area contributed by atoms with Crippen LogP contribution in [0.5, 0.6) is 0 Å². The van der Waals surface area contributed by atoms with Crippen molar-refractivity contribution in [3.8, 4) is 0 Å². The molecule has 3 N–H and O–H groups in total. The van der Waals surface area contributed by atoms with E-state index >= 15 is 0 Å². The Bertz CT molecular complexity index is 511. The number of hydrogen-bond donors (Lipinski definition) is 2. The van der Waals surface area contributed by atoms with Gasteiger partial charge >= 0.3 is 0 Å². The molecule has 106 valence electrons. The van der Waals surface area contributed by atoms with Gasteiger partial charge in [-0.25, -0.2) is 13.6 Å². The lowest BCUT2D eigenvalue weighted by molar-refractivity contribution is 0.358. The van der Waals surface area contributed by atoms with Crippen molar-refractivity contribution in [1.29, 1.82) is 0 Å². The minimum atomic E-state index is -3.44. The highest BCUT2D eigenvalue weighted by Crippen LogP contribution is 2.26. The predicted molar refractivity (Wildman–Crippen MR) is 78.3 cm³/mol. The van der Waals surface area contributed by atoms with Gasteiger partial charge in [-0.2, -0.15) is 0 Å². The molecule has 0 aromatic heterocycles. The first-order valence-corrected chi connectivity index (χ1v) is 8.50. The molecule has 0 aliphatic heterocycles. The molecule has 2 unspecified atom stereocenters. The number of benzene rings is 1. The van der Waals surface area contributed by atoms with Crippen molar-refractivity contribution in [1.82, 2.24) is 0 Å². The van der Waals surface area contributed by atoms with Crippen LogP contribution < -0.4 is 10.5 Å². The number of nitrogens with one attached hydrogen (secondary N) is 1. The van der Waals surface area contributed by atoms with Crippen LogP contribution in [0.2, 0.25) is 0 Å². The van der Waals surface area contributed by atoms with Crippen molar-refractivity contribution in [2.45, 2.75) is 44.4 Å². The van der Waals surface area contributed by atoms with Gasteiger partial charge < -0.3 is 5.32 Å². The predicted octanol–water partition coefficient (Wildman–Crippen LogP) is 2.47. The second-order valence-corrected chi connectivity index (χ2v) is 7.23. The summed E-state index contributed by atoms with van der Waals surface area (Å²) in [5.74, 6) is 0.682. The minimum absolute atomic E-state index is 0.103. The lowest BCUT2D eigenvalue weighted by Gasteiger charge is -2.28. The molecule has 0 radical (unpaired) electrons. The van der Waals surface area contributed by atoms with Gasteiger partial charge in [-0.3, -0.25) is 0 Å². The van der Waals surface area contributed by atoms with Gasteiger partial charge in [0.05, 0.1) is 5.75 Å². The molecule has 0 amide bonds. The van der Waals surface area contributed by atoms with E-state index in [-0.39, 0.29) is 5.75 Å². The zero-order valence-electron chi connectivity index (χ0n) is 11.3. The Morgan fingerprint density at radius 2 is 1.95 bits per heavy atom. The Morgan fingerprint density at radius 3 is 2.53 bits per heavy atom. The van der Waals surface area contributed by atoms with Crippen molar-refractivity contribution >= 4 is 15.7 Å². The number of anilines is 1. The van der Waals surface area contributed by atoms with Crippen LogP contribution in [0, 0.1) is 5.92 Å². The summed E-state index contributed by atoms with van der Waals surface area (Å²) in [5, 5.41) is 8.55. The zero-order chi connectivity index (χ0) is 13.9. The summed E-state index contributed by atoms with van der Waals surface area (Å²) in [6.45, 7) is 2.29. The van der Waals surface area contributed by atoms with Gasteiger partial charge in [0, 0.05) is 11.7 Å². The van der Waals surface area contributed by atoms with E-state index in [4.69, 9.17) is 5.14 Å². The highest BCUT2D eigenvalue weighted by molar-refractivity contribution is 7.88. The van der Waals surface area contributed by atoms with Crippen molar-refractivity contribution in [3.63, 3.8) is 0 Å². The Morgan fingerprint density at radius 1 is 1.26 bits per heavy atom. The standard InChI is InChI=1S/C14H22N2O2S/c1-11-3-2-4-14(9-11)16-13-7-5-12(6-8-13)10-19(15,17)18/h5-8,11,14,16H,2-4,9-10H2,1H3,(H2,15,17,18). The van der Waals surface area contributed by atoms with E-state index < -0.39 is 10.0 Å². The van der Waals surface area contributed by atoms with Gasteiger partial charge in [-0.15, -0.1) is 0 Å². The van der Waals surface area contributed by atoms with Crippen molar-refractivity contribution < 1.29 is 8.42 Å². The summed E-state index contributed by atoms with van der Waals surface area (Å²) < 4.78 is 22.0. The van der Waals surface area contributed by atoms with E-state index in [1.807, 2.05) is 24.3 Å². The van der Waals surface area contributed by atoms with Crippen LogP contribution in [0.4, 0.5) is 5.69 Å². The maximum atomic E-state index is 11.0. The van der Waals surface area contributed by atoms with E-state index in [1.54, 1.807) is 0 Å². The van der Waals surface area contributed by atoms with Crippen LogP contribution in [0.3, 0.4) is 0 Å². The topological polar surface area (TPSA) is 72.2 Å². The Balaban J connectivity index is 1.95. The van der Waals surface area contributed by atoms with Crippen LogP contribution in [-0.2, 0) is 15.8 Å². The molecule has 0 heterocycles. The molecule has 1 aliphatic carbocycles. The Kier molecular flexibility index (Phi) is 4.47. The number of hydrogen-bond acceptors (Lipinski definition) is 3. The fourth-order valence-electron chi connectivity index (χ4n) is 2.73. The molecule has 1 fully saturated rings. The maximum Gasteiger partial charge on any atom is 0.213 e. The summed E-state index contributed by atoms with van der Waals surface area (Å²) in [6, 6.07) is 8.03. The van der Waals surface area contributed by atoms with Gasteiger partial charge in [0.1, 0.15) is 0 Å². The maximum absolute atomic E-state index is 11.0. The molecular formula is C14H22N2O2S. The fourth-order valence-corrected chi connectivity index (χ4v) is 3.39. The summed E-state index contributed by atoms with van der Waals surface area (Å²) >= 11 is 0. The van der Waals surface area contributed by atoms with Crippen LogP contribution in [0.1, 0.15) is 38.2 Å². The second kappa shape index (κ2) is 5.92. The molecule has 0 saturated heterocycles. The number of primary sulfonamides is 1. The third-order valence-electron chi connectivity index (χ3n) is 3.63. The van der Waals surface area contributed by atoms with Gasteiger partial charge in [0.2, 0.25) is 10.0 Å². The highest BCUT2D eigenvalue weighted by Gasteiger charge is 2.18. The van der Waals surface area contributed by atoms with Gasteiger partial charge in [0.15, 0.2) is 0 Å². The lowest BCUT2D eigenvalue weighted by atomic mass is 9.87. The van der Waals surface area contributed by atoms with Gasteiger partial charge in [-0.1, -0.05) is 31.9 Å². The normalized spacial score (nSPS) is 24.1. The monoisotopic (exact) mass is 282 g/mol. The van der Waals surface area contributed by atoms with E-state index in [0.29, 0.717) is 6.04 Å². The molecule has 19 heavy (non-hydrogen) atoms. The number of sulfonamides is 1. The third-order valence-corrected chi connectivity index (χ3v) is 4.36. The zero-order valence-corrected chi connectivity index (χ0v) is 12.1.